The minimum Gasteiger partial charge on any atom is -0.355 e. The molecule has 1 aromatic heterocycles. The number of amides is 1. The molecular weight excluding hydrogens is 368 g/mol. The van der Waals surface area contributed by atoms with Crippen LogP contribution in [0, 0.1) is 0 Å². The highest BCUT2D eigenvalue weighted by atomic mass is 32.2. The Morgan fingerprint density at radius 2 is 2.11 bits per heavy atom. The summed E-state index contributed by atoms with van der Waals surface area (Å²) in [5.41, 5.74) is 2.52. The highest BCUT2D eigenvalue weighted by Crippen LogP contribution is 2.40. The fraction of sp³-hybridized carbons (Fsp3) is 0.500. The van der Waals surface area contributed by atoms with Crippen molar-refractivity contribution in [3.8, 4) is 5.69 Å². The van der Waals surface area contributed by atoms with Gasteiger partial charge in [-0.15, -0.1) is 5.10 Å². The maximum absolute atomic E-state index is 12.5. The van der Waals surface area contributed by atoms with E-state index < -0.39 is 0 Å². The quantitative estimate of drug-likeness (QED) is 0.522. The Morgan fingerprint density at radius 3 is 2.82 bits per heavy atom. The van der Waals surface area contributed by atoms with Gasteiger partial charge in [-0.1, -0.05) is 41.6 Å². The van der Waals surface area contributed by atoms with Crippen molar-refractivity contribution in [2.45, 2.75) is 68.2 Å². The molecule has 0 spiro atoms. The molecule has 6 heteroatoms. The summed E-state index contributed by atoms with van der Waals surface area (Å²) in [4.78, 5) is 17.2. The molecule has 2 aliphatic carbocycles. The molecule has 1 N–H and O–H groups in total. The summed E-state index contributed by atoms with van der Waals surface area (Å²) in [5.74, 6) is 1.57. The maximum Gasteiger partial charge on any atom is 0.233 e. The van der Waals surface area contributed by atoms with Crippen LogP contribution in [0.5, 0.6) is 0 Å². The molecule has 0 radical (unpaired) electrons. The Hall–Kier alpha value is -2.08. The van der Waals surface area contributed by atoms with Crippen molar-refractivity contribution in [2.75, 3.05) is 6.54 Å². The van der Waals surface area contributed by atoms with E-state index in [0.29, 0.717) is 11.1 Å². The van der Waals surface area contributed by atoms with Gasteiger partial charge in [-0.05, 0) is 64.0 Å². The van der Waals surface area contributed by atoms with Gasteiger partial charge in [-0.3, -0.25) is 4.79 Å². The van der Waals surface area contributed by atoms with Gasteiger partial charge in [0.1, 0.15) is 5.82 Å². The van der Waals surface area contributed by atoms with Gasteiger partial charge in [0.2, 0.25) is 11.1 Å². The molecule has 1 fully saturated rings. The van der Waals surface area contributed by atoms with E-state index in [1.54, 1.807) is 0 Å². The number of nitrogens with one attached hydrogen (secondary N) is 1. The normalized spacial score (nSPS) is 17.8. The number of thioether (sulfide) groups is 1. The largest absolute Gasteiger partial charge is 0.355 e. The van der Waals surface area contributed by atoms with Crippen molar-refractivity contribution in [3.63, 3.8) is 0 Å². The van der Waals surface area contributed by atoms with Gasteiger partial charge in [0, 0.05) is 12.5 Å². The first-order valence-corrected chi connectivity index (χ1v) is 11.2. The lowest BCUT2D eigenvalue weighted by atomic mass is 9.97. The first kappa shape index (κ1) is 19.2. The molecule has 2 aliphatic rings. The number of nitrogens with zero attached hydrogens (tertiary/aromatic N) is 3. The number of hydrogen-bond donors (Lipinski definition) is 1. The van der Waals surface area contributed by atoms with Crippen LogP contribution in [0.4, 0.5) is 0 Å². The molecule has 0 unspecified atom stereocenters. The highest BCUT2D eigenvalue weighted by molar-refractivity contribution is 8.00. The van der Waals surface area contributed by atoms with E-state index in [1.165, 1.54) is 55.9 Å². The number of aromatic nitrogens is 3. The first-order valence-electron chi connectivity index (χ1n) is 10.4. The van der Waals surface area contributed by atoms with Gasteiger partial charge in [0.05, 0.1) is 10.9 Å². The predicted molar refractivity (Wildman–Crippen MR) is 113 cm³/mol. The Balaban J connectivity index is 1.35. The smallest absolute Gasteiger partial charge is 0.233 e. The standard InChI is InChI=1S/C22H28N4OS/c1-16(21(27)23-15-14-17-8-4-2-5-9-17)28-22-24-20(18-12-13-18)26(25-22)19-10-6-3-7-11-19/h3,6-8,10-11,16,18H,2,4-5,9,12-15H2,1H3,(H,23,27)/t16-/m1/s1. The Bertz CT molecular complexity index is 841. The second-order valence-electron chi connectivity index (χ2n) is 7.68. The molecule has 0 aliphatic heterocycles. The Kier molecular flexibility index (Phi) is 6.15. The van der Waals surface area contributed by atoms with Crippen LogP contribution in [-0.4, -0.2) is 32.5 Å². The zero-order valence-electron chi connectivity index (χ0n) is 16.4. The lowest BCUT2D eigenvalue weighted by molar-refractivity contribution is -0.120. The van der Waals surface area contributed by atoms with Crippen LogP contribution < -0.4 is 5.32 Å². The van der Waals surface area contributed by atoms with E-state index in [0.717, 1.165) is 24.5 Å². The lowest BCUT2D eigenvalue weighted by Gasteiger charge is -2.14. The number of carbonyl (C=O) groups is 1. The van der Waals surface area contributed by atoms with E-state index in [2.05, 4.69) is 11.4 Å². The fourth-order valence-electron chi connectivity index (χ4n) is 3.55. The summed E-state index contributed by atoms with van der Waals surface area (Å²) >= 11 is 1.44. The average Bonchev–Trinajstić information content (AvgIpc) is 3.49. The number of allylic oxidation sites excluding steroid dienone is 1. The molecule has 1 heterocycles. The van der Waals surface area contributed by atoms with E-state index in [4.69, 9.17) is 10.1 Å². The van der Waals surface area contributed by atoms with Crippen molar-refractivity contribution in [1.82, 2.24) is 20.1 Å². The number of para-hydroxylation sites is 1. The van der Waals surface area contributed by atoms with Crippen molar-refractivity contribution in [1.29, 1.82) is 0 Å². The minimum atomic E-state index is -0.209. The number of hydrogen-bond acceptors (Lipinski definition) is 4. The predicted octanol–water partition coefficient (Wildman–Crippen LogP) is 4.63. The SMILES string of the molecule is C[C@@H](Sc1nc(C2CC2)n(-c2ccccc2)n1)C(=O)NCCC1=CCCCC1. The molecule has 4 rings (SSSR count). The Morgan fingerprint density at radius 1 is 1.29 bits per heavy atom. The summed E-state index contributed by atoms with van der Waals surface area (Å²) in [6.07, 6.45) is 10.6. The molecule has 2 aromatic rings. The minimum absolute atomic E-state index is 0.0606. The number of rotatable bonds is 8. The molecule has 1 aromatic carbocycles. The van der Waals surface area contributed by atoms with Gasteiger partial charge in [-0.25, -0.2) is 9.67 Å². The van der Waals surface area contributed by atoms with Crippen LogP contribution in [-0.2, 0) is 4.79 Å². The molecule has 1 atom stereocenters. The van der Waals surface area contributed by atoms with Crippen molar-refractivity contribution < 1.29 is 4.79 Å². The first-order chi connectivity index (χ1) is 13.7. The third-order valence-electron chi connectivity index (χ3n) is 5.34. The highest BCUT2D eigenvalue weighted by Gasteiger charge is 2.31. The van der Waals surface area contributed by atoms with Gasteiger partial charge in [0.15, 0.2) is 0 Å². The monoisotopic (exact) mass is 396 g/mol. The summed E-state index contributed by atoms with van der Waals surface area (Å²) in [6.45, 7) is 2.65. The van der Waals surface area contributed by atoms with Crippen molar-refractivity contribution >= 4 is 17.7 Å². The molecule has 1 saturated carbocycles. The van der Waals surface area contributed by atoms with Gasteiger partial charge >= 0.3 is 0 Å². The van der Waals surface area contributed by atoms with Crippen LogP contribution in [0.25, 0.3) is 5.69 Å². The topological polar surface area (TPSA) is 59.8 Å². The third kappa shape index (κ3) is 4.85. The zero-order chi connectivity index (χ0) is 19.3. The van der Waals surface area contributed by atoms with Crippen LogP contribution in [0.2, 0.25) is 0 Å². The van der Waals surface area contributed by atoms with Crippen LogP contribution in [0.1, 0.15) is 63.6 Å². The third-order valence-corrected chi connectivity index (χ3v) is 6.29. The Labute approximate surface area is 171 Å². The second kappa shape index (κ2) is 8.95. The van der Waals surface area contributed by atoms with E-state index in [9.17, 15) is 4.79 Å². The van der Waals surface area contributed by atoms with Crippen LogP contribution in [0.3, 0.4) is 0 Å². The second-order valence-corrected chi connectivity index (χ2v) is 8.99. The van der Waals surface area contributed by atoms with Gasteiger partial charge in [-0.2, -0.15) is 0 Å². The molecule has 1 amide bonds. The number of carbonyl (C=O) groups excluding carboxylic acids is 1. The molecule has 148 valence electrons. The fourth-order valence-corrected chi connectivity index (χ4v) is 4.33. The van der Waals surface area contributed by atoms with E-state index in [1.807, 2.05) is 41.9 Å². The van der Waals surface area contributed by atoms with E-state index >= 15 is 0 Å². The van der Waals surface area contributed by atoms with Gasteiger partial charge < -0.3 is 5.32 Å². The maximum atomic E-state index is 12.5. The molecule has 0 saturated heterocycles. The number of benzene rings is 1. The zero-order valence-corrected chi connectivity index (χ0v) is 17.3. The van der Waals surface area contributed by atoms with Crippen LogP contribution in [0.15, 0.2) is 47.1 Å². The average molecular weight is 397 g/mol. The van der Waals surface area contributed by atoms with Gasteiger partial charge in [0.25, 0.3) is 0 Å². The van der Waals surface area contributed by atoms with E-state index in [-0.39, 0.29) is 11.2 Å². The van der Waals surface area contributed by atoms with Crippen molar-refractivity contribution in [2.24, 2.45) is 0 Å². The summed E-state index contributed by atoms with van der Waals surface area (Å²) in [6, 6.07) is 10.1. The molecule has 5 nitrogen and oxygen atoms in total. The summed E-state index contributed by atoms with van der Waals surface area (Å²) in [5, 5.41) is 8.25. The summed E-state index contributed by atoms with van der Waals surface area (Å²) < 4.78 is 1.94. The van der Waals surface area contributed by atoms with Crippen molar-refractivity contribution in [3.05, 3.63) is 47.8 Å². The molecule has 28 heavy (non-hydrogen) atoms. The lowest BCUT2D eigenvalue weighted by Crippen LogP contribution is -2.32. The van der Waals surface area contributed by atoms with Crippen LogP contribution >= 0.6 is 11.8 Å². The molecule has 0 bridgehead atoms. The summed E-state index contributed by atoms with van der Waals surface area (Å²) in [7, 11) is 0. The molecular formula is C22H28N4OS.